The quantitative estimate of drug-likeness (QED) is 0.0199. The summed E-state index contributed by atoms with van der Waals surface area (Å²) in [6.45, 7) is 5.17. The van der Waals surface area contributed by atoms with E-state index in [9.17, 15) is 14.3 Å². The minimum atomic E-state index is -4.54. The highest BCUT2D eigenvalue weighted by Gasteiger charge is 2.20. The molecular formula is C48H86NO7P. The molecule has 0 radical (unpaired) electrons. The molecule has 2 atom stereocenters. The van der Waals surface area contributed by atoms with Gasteiger partial charge in [-0.1, -0.05) is 151 Å². The molecule has 0 aromatic heterocycles. The van der Waals surface area contributed by atoms with Crippen LogP contribution in [0.25, 0.3) is 0 Å². The molecular weight excluding hydrogens is 734 g/mol. The van der Waals surface area contributed by atoms with Crippen molar-refractivity contribution in [1.29, 1.82) is 0 Å². The van der Waals surface area contributed by atoms with E-state index in [1.165, 1.54) is 70.6 Å². The van der Waals surface area contributed by atoms with Gasteiger partial charge in [0.25, 0.3) is 7.82 Å². The SMILES string of the molecule is CC/C=C\C/C=C\C/C=C\C/C=C\CCCCCOCC(COP(=O)([O-])OCC[N+](C)(C)C)OC(=O)CCCCCCCCCCC/C=C\C/C=C\CCCCC. The molecule has 0 aromatic rings. The molecule has 0 amide bonds. The van der Waals surface area contributed by atoms with Crippen molar-refractivity contribution in [2.45, 2.75) is 174 Å². The number of phosphoric ester groups is 1. The summed E-state index contributed by atoms with van der Waals surface area (Å²) in [5, 5.41) is 0. The van der Waals surface area contributed by atoms with E-state index in [2.05, 4.69) is 86.8 Å². The van der Waals surface area contributed by atoms with Crippen molar-refractivity contribution < 1.29 is 37.3 Å². The number of quaternary nitrogens is 1. The molecule has 8 nitrogen and oxygen atoms in total. The smallest absolute Gasteiger partial charge is 0.306 e. The lowest BCUT2D eigenvalue weighted by Crippen LogP contribution is -2.37. The Hall–Kier alpha value is -2.06. The first-order chi connectivity index (χ1) is 27.6. The number of carbonyl (C=O) groups excluding carboxylic acids is 1. The second kappa shape index (κ2) is 40.7. The molecule has 0 aliphatic rings. The summed E-state index contributed by atoms with van der Waals surface area (Å²) in [5.74, 6) is -0.353. The van der Waals surface area contributed by atoms with E-state index in [0.717, 1.165) is 77.0 Å². The lowest BCUT2D eigenvalue weighted by molar-refractivity contribution is -0.870. The Morgan fingerprint density at radius 3 is 1.53 bits per heavy atom. The Morgan fingerprint density at radius 2 is 1.02 bits per heavy atom. The van der Waals surface area contributed by atoms with Gasteiger partial charge in [-0.25, -0.2) is 0 Å². The average molecular weight is 820 g/mol. The lowest BCUT2D eigenvalue weighted by atomic mass is 10.1. The molecule has 0 aliphatic carbocycles. The molecule has 330 valence electrons. The first-order valence-electron chi connectivity index (χ1n) is 22.7. The summed E-state index contributed by atoms with van der Waals surface area (Å²) in [7, 11) is 1.32. The van der Waals surface area contributed by atoms with Gasteiger partial charge in [-0.05, 0) is 83.5 Å². The van der Waals surface area contributed by atoms with Crippen molar-refractivity contribution in [2.24, 2.45) is 0 Å². The summed E-state index contributed by atoms with van der Waals surface area (Å²) in [4.78, 5) is 25.1. The van der Waals surface area contributed by atoms with Gasteiger partial charge in [-0.3, -0.25) is 9.36 Å². The van der Waals surface area contributed by atoms with Gasteiger partial charge in [-0.2, -0.15) is 0 Å². The summed E-state index contributed by atoms with van der Waals surface area (Å²) < 4.78 is 34.6. The van der Waals surface area contributed by atoms with E-state index in [4.69, 9.17) is 18.5 Å². The molecule has 0 aromatic carbocycles. The fourth-order valence-electron chi connectivity index (χ4n) is 5.74. The fraction of sp³-hybridized carbons (Fsp3) is 0.729. The number of allylic oxidation sites excluding steroid dienone is 12. The van der Waals surface area contributed by atoms with Crippen molar-refractivity contribution in [2.75, 3.05) is 54.1 Å². The molecule has 0 N–H and O–H groups in total. The van der Waals surface area contributed by atoms with E-state index < -0.39 is 13.9 Å². The number of likely N-dealkylation sites (N-methyl/N-ethyl adjacent to an activating group) is 1. The van der Waals surface area contributed by atoms with Crippen molar-refractivity contribution in [1.82, 2.24) is 0 Å². The largest absolute Gasteiger partial charge is 0.756 e. The molecule has 0 heterocycles. The van der Waals surface area contributed by atoms with Crippen LogP contribution in [-0.4, -0.2) is 70.7 Å². The molecule has 0 spiro atoms. The number of carbonyl (C=O) groups is 1. The highest BCUT2D eigenvalue weighted by molar-refractivity contribution is 7.45. The molecule has 0 aliphatic heterocycles. The van der Waals surface area contributed by atoms with Crippen LogP contribution in [0, 0.1) is 0 Å². The third kappa shape index (κ3) is 44.9. The Bertz CT molecular complexity index is 1140. The molecule has 0 bridgehead atoms. The maximum absolute atomic E-state index is 12.7. The van der Waals surface area contributed by atoms with Crippen LogP contribution < -0.4 is 4.89 Å². The van der Waals surface area contributed by atoms with Gasteiger partial charge >= 0.3 is 5.97 Å². The topological polar surface area (TPSA) is 94.1 Å². The van der Waals surface area contributed by atoms with E-state index in [0.29, 0.717) is 24.1 Å². The van der Waals surface area contributed by atoms with Crippen LogP contribution in [0.4, 0.5) is 0 Å². The molecule has 0 fully saturated rings. The maximum atomic E-state index is 12.7. The molecule has 0 saturated heterocycles. The standard InChI is InChI=1S/C48H86NO7P/c1-6-8-10-12-14-16-18-20-22-24-25-26-27-29-31-33-35-37-39-41-48(50)56-47(46-55-57(51,52)54-44-42-49(3,4)5)45-53-43-40-38-36-34-32-30-28-23-21-19-17-15-13-11-9-7-2/h9,11,14-17,20-23,30,32,47H,6-8,10,12-13,18-19,24-29,31,33-46H2,1-5H3/b11-9-,16-14-,17-15-,22-20-,23-21-,32-30-. The number of phosphoric acid groups is 1. The van der Waals surface area contributed by atoms with E-state index in [1.807, 2.05) is 21.1 Å². The van der Waals surface area contributed by atoms with Crippen molar-refractivity contribution in [3.63, 3.8) is 0 Å². The number of hydrogen-bond donors (Lipinski definition) is 0. The highest BCUT2D eigenvalue weighted by Crippen LogP contribution is 2.38. The first-order valence-corrected chi connectivity index (χ1v) is 24.1. The molecule has 2 unspecified atom stereocenters. The first kappa shape index (κ1) is 54.9. The second-order valence-electron chi connectivity index (χ2n) is 16.0. The van der Waals surface area contributed by atoms with Gasteiger partial charge in [0.2, 0.25) is 0 Å². The predicted molar refractivity (Wildman–Crippen MR) is 240 cm³/mol. The predicted octanol–water partition coefficient (Wildman–Crippen LogP) is 12.9. The molecule has 0 saturated carbocycles. The Balaban J connectivity index is 4.28. The summed E-state index contributed by atoms with van der Waals surface area (Å²) in [6, 6.07) is 0. The van der Waals surface area contributed by atoms with E-state index in [1.54, 1.807) is 0 Å². The molecule has 57 heavy (non-hydrogen) atoms. The zero-order valence-corrected chi connectivity index (χ0v) is 38.2. The van der Waals surface area contributed by atoms with Crippen molar-refractivity contribution in [3.8, 4) is 0 Å². The number of rotatable bonds is 41. The van der Waals surface area contributed by atoms with Gasteiger partial charge in [0.1, 0.15) is 19.3 Å². The normalized spacial score (nSPS) is 14.4. The number of hydrogen-bond acceptors (Lipinski definition) is 7. The van der Waals surface area contributed by atoms with Gasteiger partial charge in [-0.15, -0.1) is 0 Å². The Labute approximate surface area is 351 Å². The zero-order valence-electron chi connectivity index (χ0n) is 37.3. The highest BCUT2D eigenvalue weighted by atomic mass is 31.2. The zero-order chi connectivity index (χ0) is 42.0. The third-order valence-corrected chi connectivity index (χ3v) is 10.2. The van der Waals surface area contributed by atoms with Crippen molar-refractivity contribution >= 4 is 13.8 Å². The minimum Gasteiger partial charge on any atom is -0.756 e. The van der Waals surface area contributed by atoms with Crippen LogP contribution >= 0.6 is 7.82 Å². The molecule has 0 rings (SSSR count). The van der Waals surface area contributed by atoms with Crippen molar-refractivity contribution in [3.05, 3.63) is 72.9 Å². The van der Waals surface area contributed by atoms with E-state index in [-0.39, 0.29) is 25.8 Å². The average Bonchev–Trinajstić information content (AvgIpc) is 3.16. The van der Waals surface area contributed by atoms with Gasteiger partial charge < -0.3 is 27.9 Å². The number of ether oxygens (including phenoxy) is 2. The Morgan fingerprint density at radius 1 is 0.561 bits per heavy atom. The fourth-order valence-corrected chi connectivity index (χ4v) is 6.47. The minimum absolute atomic E-state index is 0.0152. The lowest BCUT2D eigenvalue weighted by Gasteiger charge is -2.28. The van der Waals surface area contributed by atoms with E-state index >= 15 is 0 Å². The third-order valence-electron chi connectivity index (χ3n) is 9.24. The van der Waals surface area contributed by atoms with Gasteiger partial charge in [0.15, 0.2) is 0 Å². The number of unbranched alkanes of at least 4 members (excludes halogenated alkanes) is 15. The number of esters is 1. The van der Waals surface area contributed by atoms with Gasteiger partial charge in [0, 0.05) is 13.0 Å². The van der Waals surface area contributed by atoms with Crippen LogP contribution in [0.2, 0.25) is 0 Å². The monoisotopic (exact) mass is 820 g/mol. The second-order valence-corrected chi connectivity index (χ2v) is 17.4. The summed E-state index contributed by atoms with van der Waals surface area (Å²) in [5.41, 5.74) is 0. The van der Waals surface area contributed by atoms with Crippen LogP contribution in [0.5, 0.6) is 0 Å². The Kier molecular flexibility index (Phi) is 39.2. The van der Waals surface area contributed by atoms with Gasteiger partial charge in [0.05, 0.1) is 34.4 Å². The van der Waals surface area contributed by atoms with Crippen LogP contribution in [0.15, 0.2) is 72.9 Å². The summed E-state index contributed by atoms with van der Waals surface area (Å²) >= 11 is 0. The van der Waals surface area contributed by atoms with Crippen LogP contribution in [0.1, 0.15) is 168 Å². The van der Waals surface area contributed by atoms with Crippen LogP contribution in [-0.2, 0) is 27.9 Å². The maximum Gasteiger partial charge on any atom is 0.306 e. The number of nitrogens with zero attached hydrogens (tertiary/aromatic N) is 1. The van der Waals surface area contributed by atoms with Crippen LogP contribution in [0.3, 0.4) is 0 Å². The summed E-state index contributed by atoms with van der Waals surface area (Å²) in [6.07, 6.45) is 52.0. The molecule has 9 heteroatoms.